The van der Waals surface area contributed by atoms with E-state index in [0.29, 0.717) is 13.2 Å². The number of rotatable bonds is 9. The Balaban J connectivity index is 3.74. The van der Waals surface area contributed by atoms with Crippen LogP contribution in [0.15, 0.2) is 11.8 Å². The number of allylic oxidation sites excluding steroid dienone is 1. The summed E-state index contributed by atoms with van der Waals surface area (Å²) in [6.45, 7) is 5.82. The van der Waals surface area contributed by atoms with Gasteiger partial charge < -0.3 is 14.8 Å². The Bertz CT molecular complexity index is 349. The summed E-state index contributed by atoms with van der Waals surface area (Å²) in [6.07, 6.45) is 1.75. The highest BCUT2D eigenvalue weighted by Gasteiger charge is 2.05. The molecular formula is C13H21NO5. The van der Waals surface area contributed by atoms with Gasteiger partial charge in [0.05, 0.1) is 13.0 Å². The standard InChI is InChI=1S/C13H21NO5/c1-4-18-12(16)5-7-14-10(2)6-8-19-13(17)9-11(3)15/h6,14H,4-5,7-9H2,1-3H3. The molecule has 6 heteroatoms. The molecule has 108 valence electrons. The lowest BCUT2D eigenvalue weighted by molar-refractivity contribution is -0.145. The Morgan fingerprint density at radius 1 is 1.11 bits per heavy atom. The van der Waals surface area contributed by atoms with Gasteiger partial charge in [-0.2, -0.15) is 0 Å². The van der Waals surface area contributed by atoms with Gasteiger partial charge in [0.15, 0.2) is 0 Å². The maximum absolute atomic E-state index is 11.1. The van der Waals surface area contributed by atoms with E-state index in [4.69, 9.17) is 9.47 Å². The summed E-state index contributed by atoms with van der Waals surface area (Å²) in [7, 11) is 0. The van der Waals surface area contributed by atoms with E-state index in [2.05, 4.69) is 5.32 Å². The largest absolute Gasteiger partial charge is 0.466 e. The van der Waals surface area contributed by atoms with Gasteiger partial charge in [-0.25, -0.2) is 0 Å². The molecule has 0 heterocycles. The second-order valence-corrected chi connectivity index (χ2v) is 3.93. The molecule has 0 aliphatic carbocycles. The van der Waals surface area contributed by atoms with E-state index in [9.17, 15) is 14.4 Å². The molecule has 1 N–H and O–H groups in total. The minimum absolute atomic E-state index is 0.102. The van der Waals surface area contributed by atoms with E-state index in [1.54, 1.807) is 19.9 Å². The minimum atomic E-state index is -0.539. The van der Waals surface area contributed by atoms with Crippen LogP contribution in [-0.2, 0) is 23.9 Å². The van der Waals surface area contributed by atoms with Gasteiger partial charge in [-0.3, -0.25) is 14.4 Å². The van der Waals surface area contributed by atoms with Crippen LogP contribution in [0.3, 0.4) is 0 Å². The molecular weight excluding hydrogens is 250 g/mol. The molecule has 0 aromatic carbocycles. The lowest BCUT2D eigenvalue weighted by Gasteiger charge is -2.06. The lowest BCUT2D eigenvalue weighted by atomic mass is 10.3. The summed E-state index contributed by atoms with van der Waals surface area (Å²) in [5.74, 6) is -1.02. The van der Waals surface area contributed by atoms with Crippen molar-refractivity contribution in [2.75, 3.05) is 19.8 Å². The number of Topliss-reactive ketones (excluding diaryl/α,β-unsaturated/α-hetero) is 1. The van der Waals surface area contributed by atoms with Crippen molar-refractivity contribution in [2.45, 2.75) is 33.6 Å². The quantitative estimate of drug-likeness (QED) is 0.497. The summed E-state index contributed by atoms with van der Waals surface area (Å²) in [5.41, 5.74) is 0.792. The summed E-state index contributed by atoms with van der Waals surface area (Å²) in [4.78, 5) is 32.7. The molecule has 0 amide bonds. The number of hydrogen-bond donors (Lipinski definition) is 1. The smallest absolute Gasteiger partial charge is 0.313 e. The molecule has 0 aliphatic heterocycles. The molecule has 0 fully saturated rings. The van der Waals surface area contributed by atoms with Gasteiger partial charge in [-0.1, -0.05) is 0 Å². The van der Waals surface area contributed by atoms with Crippen LogP contribution in [0, 0.1) is 0 Å². The fraction of sp³-hybridized carbons (Fsp3) is 0.615. The van der Waals surface area contributed by atoms with Gasteiger partial charge in [-0.05, 0) is 26.8 Å². The molecule has 0 bridgehead atoms. The fourth-order valence-electron chi connectivity index (χ4n) is 1.18. The first-order valence-electron chi connectivity index (χ1n) is 6.17. The topological polar surface area (TPSA) is 81.7 Å². The third-order valence-corrected chi connectivity index (χ3v) is 2.07. The van der Waals surface area contributed by atoms with Crippen LogP contribution in [0.2, 0.25) is 0 Å². The molecule has 19 heavy (non-hydrogen) atoms. The van der Waals surface area contributed by atoms with Crippen LogP contribution in [0.25, 0.3) is 0 Å². The zero-order valence-corrected chi connectivity index (χ0v) is 11.7. The Morgan fingerprint density at radius 3 is 2.37 bits per heavy atom. The number of carbonyl (C=O) groups excluding carboxylic acids is 3. The maximum Gasteiger partial charge on any atom is 0.313 e. The van der Waals surface area contributed by atoms with Crippen molar-refractivity contribution >= 4 is 17.7 Å². The van der Waals surface area contributed by atoms with Gasteiger partial charge in [0.25, 0.3) is 0 Å². The van der Waals surface area contributed by atoms with Gasteiger partial charge in [0.1, 0.15) is 18.8 Å². The Morgan fingerprint density at radius 2 is 1.79 bits per heavy atom. The predicted octanol–water partition coefficient (Wildman–Crippen LogP) is 0.955. The van der Waals surface area contributed by atoms with Gasteiger partial charge in [0.2, 0.25) is 0 Å². The van der Waals surface area contributed by atoms with Gasteiger partial charge in [0, 0.05) is 12.2 Å². The monoisotopic (exact) mass is 271 g/mol. The zero-order chi connectivity index (χ0) is 14.7. The fourth-order valence-corrected chi connectivity index (χ4v) is 1.18. The second kappa shape index (κ2) is 10.1. The molecule has 0 aliphatic rings. The number of esters is 2. The molecule has 0 atom stereocenters. The van der Waals surface area contributed by atoms with E-state index in [0.717, 1.165) is 5.70 Å². The second-order valence-electron chi connectivity index (χ2n) is 3.93. The number of carbonyl (C=O) groups is 3. The summed E-state index contributed by atoms with van der Waals surface area (Å²) in [5, 5.41) is 2.99. The summed E-state index contributed by atoms with van der Waals surface area (Å²) < 4.78 is 9.60. The Kier molecular flexibility index (Phi) is 9.12. The molecule has 0 rings (SSSR count). The van der Waals surface area contributed by atoms with Crippen molar-refractivity contribution in [3.63, 3.8) is 0 Å². The third-order valence-electron chi connectivity index (χ3n) is 2.07. The molecule has 0 saturated heterocycles. The van der Waals surface area contributed by atoms with Crippen molar-refractivity contribution < 1.29 is 23.9 Å². The van der Waals surface area contributed by atoms with E-state index in [1.165, 1.54) is 6.92 Å². The van der Waals surface area contributed by atoms with E-state index in [1.807, 2.05) is 0 Å². The third kappa shape index (κ3) is 11.0. The van der Waals surface area contributed by atoms with Crippen molar-refractivity contribution in [3.05, 3.63) is 11.8 Å². The van der Waals surface area contributed by atoms with Crippen LogP contribution in [0.1, 0.15) is 33.6 Å². The van der Waals surface area contributed by atoms with Crippen LogP contribution < -0.4 is 5.32 Å². The van der Waals surface area contributed by atoms with Crippen molar-refractivity contribution in [1.82, 2.24) is 5.32 Å². The van der Waals surface area contributed by atoms with Crippen molar-refractivity contribution in [3.8, 4) is 0 Å². The first-order chi connectivity index (χ1) is 8.95. The normalized spacial score (nSPS) is 10.8. The highest BCUT2D eigenvalue weighted by Crippen LogP contribution is 1.93. The number of ether oxygens (including phenoxy) is 2. The molecule has 0 spiro atoms. The maximum atomic E-state index is 11.1. The Labute approximate surface area is 113 Å². The number of nitrogens with one attached hydrogen (secondary N) is 1. The minimum Gasteiger partial charge on any atom is -0.466 e. The first-order valence-corrected chi connectivity index (χ1v) is 6.17. The Hall–Kier alpha value is -1.85. The molecule has 0 radical (unpaired) electrons. The van der Waals surface area contributed by atoms with E-state index < -0.39 is 5.97 Å². The molecule has 0 aromatic rings. The molecule has 6 nitrogen and oxygen atoms in total. The highest BCUT2D eigenvalue weighted by atomic mass is 16.5. The van der Waals surface area contributed by atoms with Crippen molar-refractivity contribution in [2.24, 2.45) is 0 Å². The average Bonchev–Trinajstić information content (AvgIpc) is 2.28. The lowest BCUT2D eigenvalue weighted by Crippen LogP contribution is -2.18. The predicted molar refractivity (Wildman–Crippen MR) is 69.3 cm³/mol. The summed E-state index contributed by atoms with van der Waals surface area (Å²) in [6, 6.07) is 0. The van der Waals surface area contributed by atoms with Crippen LogP contribution >= 0.6 is 0 Å². The zero-order valence-electron chi connectivity index (χ0n) is 11.7. The highest BCUT2D eigenvalue weighted by molar-refractivity contribution is 5.94. The molecule has 0 saturated carbocycles. The molecule has 0 aromatic heterocycles. The number of hydrogen-bond acceptors (Lipinski definition) is 6. The van der Waals surface area contributed by atoms with E-state index in [-0.39, 0.29) is 31.2 Å². The van der Waals surface area contributed by atoms with Gasteiger partial charge >= 0.3 is 11.9 Å². The van der Waals surface area contributed by atoms with Crippen LogP contribution in [0.4, 0.5) is 0 Å². The van der Waals surface area contributed by atoms with Crippen LogP contribution in [-0.4, -0.2) is 37.5 Å². The van der Waals surface area contributed by atoms with E-state index >= 15 is 0 Å². The first kappa shape index (κ1) is 17.2. The van der Waals surface area contributed by atoms with Gasteiger partial charge in [-0.15, -0.1) is 0 Å². The number of ketones is 1. The average molecular weight is 271 g/mol. The SMILES string of the molecule is CCOC(=O)CCNC(C)=CCOC(=O)CC(C)=O. The molecule has 0 unspecified atom stereocenters. The van der Waals surface area contributed by atoms with Crippen LogP contribution in [0.5, 0.6) is 0 Å². The summed E-state index contributed by atoms with van der Waals surface area (Å²) >= 11 is 0. The van der Waals surface area contributed by atoms with Crippen molar-refractivity contribution in [1.29, 1.82) is 0 Å².